The molecule has 0 saturated heterocycles. The van der Waals surface area contributed by atoms with E-state index in [0.29, 0.717) is 17.3 Å². The Kier molecular flexibility index (Phi) is 5.10. The van der Waals surface area contributed by atoms with Crippen molar-refractivity contribution in [3.05, 3.63) is 42.1 Å². The Bertz CT molecular complexity index is 790. The summed E-state index contributed by atoms with van der Waals surface area (Å²) in [5.41, 5.74) is 0.874. The molecule has 7 heteroatoms. The van der Waals surface area contributed by atoms with Crippen molar-refractivity contribution in [1.29, 1.82) is 0 Å². The summed E-state index contributed by atoms with van der Waals surface area (Å²) in [6.07, 6.45) is 2.71. The van der Waals surface area contributed by atoms with E-state index < -0.39 is 9.84 Å². The number of benzene rings is 1. The van der Waals surface area contributed by atoms with Crippen molar-refractivity contribution in [2.75, 3.05) is 25.8 Å². The second kappa shape index (κ2) is 6.87. The van der Waals surface area contributed by atoms with Crippen LogP contribution in [-0.4, -0.2) is 33.9 Å². The van der Waals surface area contributed by atoms with Crippen molar-refractivity contribution in [3.8, 4) is 11.5 Å². The highest BCUT2D eigenvalue weighted by Gasteiger charge is 2.18. The van der Waals surface area contributed by atoms with Gasteiger partial charge in [-0.25, -0.2) is 13.4 Å². The molecule has 0 aliphatic carbocycles. The van der Waals surface area contributed by atoms with Crippen molar-refractivity contribution in [1.82, 2.24) is 4.98 Å². The summed E-state index contributed by atoms with van der Waals surface area (Å²) in [5, 5.41) is 3.13. The van der Waals surface area contributed by atoms with Crippen LogP contribution in [0.1, 0.15) is 18.5 Å². The molecule has 1 heterocycles. The standard InChI is InChI=1S/C16H20N2O4S/c1-11(13-8-7-12(21-2)10-14(13)22-3)18-16-15(23(4,19)20)6-5-9-17-16/h5-11H,1-4H3,(H,17,18). The van der Waals surface area contributed by atoms with Crippen molar-refractivity contribution >= 4 is 15.7 Å². The maximum atomic E-state index is 11.9. The summed E-state index contributed by atoms with van der Waals surface area (Å²) >= 11 is 0. The van der Waals surface area contributed by atoms with Gasteiger partial charge in [0, 0.05) is 24.1 Å². The third-order valence-electron chi connectivity index (χ3n) is 3.43. The molecule has 0 aliphatic heterocycles. The zero-order chi connectivity index (χ0) is 17.0. The maximum Gasteiger partial charge on any atom is 0.179 e. The fraction of sp³-hybridized carbons (Fsp3) is 0.312. The maximum absolute atomic E-state index is 11.9. The van der Waals surface area contributed by atoms with Crippen molar-refractivity contribution in [2.24, 2.45) is 0 Å². The lowest BCUT2D eigenvalue weighted by atomic mass is 10.1. The molecule has 1 atom stereocenters. The van der Waals surface area contributed by atoms with E-state index in [1.54, 1.807) is 32.5 Å². The van der Waals surface area contributed by atoms with E-state index >= 15 is 0 Å². The molecule has 2 rings (SSSR count). The molecule has 0 bridgehead atoms. The lowest BCUT2D eigenvalue weighted by Crippen LogP contribution is -2.12. The molecule has 1 N–H and O–H groups in total. The van der Waals surface area contributed by atoms with Gasteiger partial charge in [-0.15, -0.1) is 0 Å². The predicted octanol–water partition coefficient (Wildman–Crippen LogP) is 2.68. The minimum Gasteiger partial charge on any atom is -0.497 e. The summed E-state index contributed by atoms with van der Waals surface area (Å²) in [6, 6.07) is 8.41. The summed E-state index contributed by atoms with van der Waals surface area (Å²) in [7, 11) is -0.201. The van der Waals surface area contributed by atoms with Gasteiger partial charge in [0.1, 0.15) is 22.2 Å². The largest absolute Gasteiger partial charge is 0.497 e. The van der Waals surface area contributed by atoms with Crippen LogP contribution in [0.4, 0.5) is 5.82 Å². The van der Waals surface area contributed by atoms with Crippen LogP contribution in [0.2, 0.25) is 0 Å². The third kappa shape index (κ3) is 3.92. The van der Waals surface area contributed by atoms with Gasteiger partial charge in [-0.05, 0) is 31.2 Å². The molecular formula is C16H20N2O4S. The Morgan fingerprint density at radius 2 is 1.91 bits per heavy atom. The van der Waals surface area contributed by atoms with Crippen LogP contribution in [0.15, 0.2) is 41.4 Å². The number of ether oxygens (including phenoxy) is 2. The highest BCUT2D eigenvalue weighted by atomic mass is 32.2. The number of methoxy groups -OCH3 is 2. The lowest BCUT2D eigenvalue weighted by molar-refractivity contribution is 0.390. The summed E-state index contributed by atoms with van der Waals surface area (Å²) < 4.78 is 34.3. The molecule has 6 nitrogen and oxygen atoms in total. The summed E-state index contributed by atoms with van der Waals surface area (Å²) in [5.74, 6) is 1.66. The molecule has 0 radical (unpaired) electrons. The van der Waals surface area contributed by atoms with Gasteiger partial charge in [0.2, 0.25) is 0 Å². The quantitative estimate of drug-likeness (QED) is 0.874. The van der Waals surface area contributed by atoms with Crippen LogP contribution >= 0.6 is 0 Å². The highest BCUT2D eigenvalue weighted by molar-refractivity contribution is 7.90. The number of hydrogen-bond donors (Lipinski definition) is 1. The normalized spacial score (nSPS) is 12.5. The van der Waals surface area contributed by atoms with Crippen LogP contribution in [0, 0.1) is 0 Å². The zero-order valence-electron chi connectivity index (χ0n) is 13.5. The Labute approximate surface area is 136 Å². The second-order valence-corrected chi connectivity index (χ2v) is 7.08. The molecule has 0 fully saturated rings. The number of sulfone groups is 1. The van der Waals surface area contributed by atoms with Gasteiger partial charge in [-0.3, -0.25) is 0 Å². The van der Waals surface area contributed by atoms with E-state index in [2.05, 4.69) is 10.3 Å². The van der Waals surface area contributed by atoms with Gasteiger partial charge in [-0.2, -0.15) is 0 Å². The SMILES string of the molecule is COc1ccc(C(C)Nc2ncccc2S(C)(=O)=O)c(OC)c1. The molecule has 1 aromatic carbocycles. The number of rotatable bonds is 6. The number of nitrogens with one attached hydrogen (secondary N) is 1. The number of pyridine rings is 1. The third-order valence-corrected chi connectivity index (χ3v) is 4.56. The van der Waals surface area contributed by atoms with E-state index in [9.17, 15) is 8.42 Å². The minimum atomic E-state index is -3.36. The Hall–Kier alpha value is -2.28. The van der Waals surface area contributed by atoms with Gasteiger partial charge < -0.3 is 14.8 Å². The number of nitrogens with zero attached hydrogens (tertiary/aromatic N) is 1. The number of aromatic nitrogens is 1. The van der Waals surface area contributed by atoms with E-state index in [4.69, 9.17) is 9.47 Å². The summed E-state index contributed by atoms with van der Waals surface area (Å²) in [4.78, 5) is 4.31. The van der Waals surface area contributed by atoms with E-state index in [-0.39, 0.29) is 10.9 Å². The average Bonchev–Trinajstić information content (AvgIpc) is 2.53. The molecular weight excluding hydrogens is 316 g/mol. The number of hydrogen-bond acceptors (Lipinski definition) is 6. The van der Waals surface area contributed by atoms with Gasteiger partial charge in [0.15, 0.2) is 9.84 Å². The van der Waals surface area contributed by atoms with E-state index in [0.717, 1.165) is 11.8 Å². The Morgan fingerprint density at radius 1 is 1.17 bits per heavy atom. The van der Waals surface area contributed by atoms with Crippen molar-refractivity contribution in [2.45, 2.75) is 17.9 Å². The highest BCUT2D eigenvalue weighted by Crippen LogP contribution is 2.32. The van der Waals surface area contributed by atoms with Crippen LogP contribution < -0.4 is 14.8 Å². The Balaban J connectivity index is 2.35. The minimum absolute atomic E-state index is 0.166. The average molecular weight is 336 g/mol. The van der Waals surface area contributed by atoms with Crippen molar-refractivity contribution in [3.63, 3.8) is 0 Å². The van der Waals surface area contributed by atoms with Gasteiger partial charge in [0.25, 0.3) is 0 Å². The van der Waals surface area contributed by atoms with Crippen LogP contribution in [-0.2, 0) is 9.84 Å². The van der Waals surface area contributed by atoms with Gasteiger partial charge in [-0.1, -0.05) is 0 Å². The Morgan fingerprint density at radius 3 is 2.52 bits per heavy atom. The van der Waals surface area contributed by atoms with E-state index in [1.165, 1.54) is 6.07 Å². The predicted molar refractivity (Wildman–Crippen MR) is 88.9 cm³/mol. The second-order valence-electron chi connectivity index (χ2n) is 5.10. The summed E-state index contributed by atoms with van der Waals surface area (Å²) in [6.45, 7) is 1.91. The molecule has 23 heavy (non-hydrogen) atoms. The first-order valence-electron chi connectivity index (χ1n) is 7.00. The zero-order valence-corrected chi connectivity index (χ0v) is 14.3. The van der Waals surface area contributed by atoms with Crippen LogP contribution in [0.5, 0.6) is 11.5 Å². The first-order chi connectivity index (χ1) is 10.9. The van der Waals surface area contributed by atoms with Gasteiger partial charge >= 0.3 is 0 Å². The molecule has 0 aliphatic rings. The fourth-order valence-electron chi connectivity index (χ4n) is 2.26. The van der Waals surface area contributed by atoms with E-state index in [1.807, 2.05) is 19.1 Å². The molecule has 2 aromatic rings. The molecule has 0 spiro atoms. The number of anilines is 1. The molecule has 0 amide bonds. The molecule has 124 valence electrons. The van der Waals surface area contributed by atoms with Crippen LogP contribution in [0.25, 0.3) is 0 Å². The van der Waals surface area contributed by atoms with Crippen LogP contribution in [0.3, 0.4) is 0 Å². The molecule has 1 unspecified atom stereocenters. The monoisotopic (exact) mass is 336 g/mol. The topological polar surface area (TPSA) is 77.5 Å². The fourth-order valence-corrected chi connectivity index (χ4v) is 3.05. The first-order valence-corrected chi connectivity index (χ1v) is 8.89. The first kappa shape index (κ1) is 17.1. The van der Waals surface area contributed by atoms with Gasteiger partial charge in [0.05, 0.1) is 20.3 Å². The lowest BCUT2D eigenvalue weighted by Gasteiger charge is -2.19. The smallest absolute Gasteiger partial charge is 0.179 e. The molecule has 0 saturated carbocycles. The molecule has 1 aromatic heterocycles. The van der Waals surface area contributed by atoms with Crippen molar-refractivity contribution < 1.29 is 17.9 Å².